The molecule has 0 unspecified atom stereocenters. The predicted octanol–water partition coefficient (Wildman–Crippen LogP) is 1.33. The van der Waals surface area contributed by atoms with Crippen molar-refractivity contribution in [2.75, 3.05) is 6.61 Å². The summed E-state index contributed by atoms with van der Waals surface area (Å²) in [6, 6.07) is 4.46. The molecular formula is C23H34N2O7. The Morgan fingerprint density at radius 1 is 1.16 bits per heavy atom. The molecule has 0 bridgehead atoms. The molecule has 2 heterocycles. The van der Waals surface area contributed by atoms with Crippen molar-refractivity contribution in [1.29, 1.82) is 0 Å². The Bertz CT molecular complexity index is 1150. The first-order chi connectivity index (χ1) is 18.2. The summed E-state index contributed by atoms with van der Waals surface area (Å²) in [6.07, 6.45) is -10.7. The van der Waals surface area contributed by atoms with Gasteiger partial charge in [0.15, 0.2) is 0 Å². The molecule has 1 aliphatic rings. The van der Waals surface area contributed by atoms with E-state index in [9.17, 15) is 20.4 Å². The van der Waals surface area contributed by atoms with Gasteiger partial charge >= 0.3 is 0 Å². The molecule has 1 saturated heterocycles. The topological polar surface area (TPSA) is 126 Å². The first-order valence-electron chi connectivity index (χ1n) is 14.1. The fourth-order valence-electron chi connectivity index (χ4n) is 3.51. The molecule has 1 aromatic heterocycles. The van der Waals surface area contributed by atoms with Crippen molar-refractivity contribution < 1.29 is 45.6 Å². The van der Waals surface area contributed by atoms with Crippen LogP contribution in [0.4, 0.5) is 0 Å². The van der Waals surface area contributed by atoms with Gasteiger partial charge in [-0.25, -0.2) is 0 Å². The van der Waals surface area contributed by atoms with Gasteiger partial charge in [-0.1, -0.05) is 12.1 Å². The molecule has 3 rings (SSSR count). The van der Waals surface area contributed by atoms with Crippen LogP contribution in [0.15, 0.2) is 24.3 Å². The van der Waals surface area contributed by atoms with Crippen LogP contribution in [0, 0.1) is 6.92 Å². The fourth-order valence-corrected chi connectivity index (χ4v) is 3.51. The summed E-state index contributed by atoms with van der Waals surface area (Å²) in [6.45, 7) is -2.31. The summed E-state index contributed by atoms with van der Waals surface area (Å²) in [5, 5.41) is 44.4. The number of ether oxygens (including phenoxy) is 3. The first kappa shape index (κ1) is 15.6. The molecule has 178 valence electrons. The van der Waals surface area contributed by atoms with Crippen molar-refractivity contribution >= 4 is 0 Å². The number of aliphatic hydroxyl groups is 4. The van der Waals surface area contributed by atoms with Crippen LogP contribution >= 0.6 is 0 Å². The molecule has 0 saturated carbocycles. The van der Waals surface area contributed by atoms with Gasteiger partial charge in [0.2, 0.25) is 12.2 Å². The Morgan fingerprint density at radius 3 is 2.44 bits per heavy atom. The van der Waals surface area contributed by atoms with Gasteiger partial charge in [-0.15, -0.1) is 5.10 Å². The van der Waals surface area contributed by atoms with E-state index in [4.69, 9.17) is 25.2 Å². The van der Waals surface area contributed by atoms with E-state index in [2.05, 4.69) is 5.10 Å². The van der Waals surface area contributed by atoms with E-state index in [0.717, 1.165) is 0 Å². The van der Waals surface area contributed by atoms with Crippen molar-refractivity contribution in [2.24, 2.45) is 0 Å². The molecule has 9 heteroatoms. The Balaban J connectivity index is 1.92. The smallest absolute Gasteiger partial charge is 0.239 e. The Kier molecular flexibility index (Phi) is 4.97. The molecule has 4 N–H and O–H groups in total. The molecule has 5 atom stereocenters. The summed E-state index contributed by atoms with van der Waals surface area (Å²) in [4.78, 5) is 0. The standard InChI is InChI=1S/C23H34N2O7/c1-12(2)25-14(5)17(10-15-6-8-16(9-7-15)30-13(3)4)22(24-25)32-23-21(29)20(28)19(27)18(11-26)31-23/h6-9,12-13,18-21,23,26-29H,10-11H2,1-5H3/t18-,19-,20+,21-,23+/m1/s1/i3D3,4D3,12D,13D. The molecule has 32 heavy (non-hydrogen) atoms. The minimum Gasteiger partial charge on any atom is -0.491 e. The third kappa shape index (κ3) is 5.24. The van der Waals surface area contributed by atoms with E-state index in [1.165, 1.54) is 28.9 Å². The van der Waals surface area contributed by atoms with Crippen LogP contribution in [-0.4, -0.2) is 73.6 Å². The highest BCUT2D eigenvalue weighted by Crippen LogP contribution is 2.31. The second kappa shape index (κ2) is 10.2. The van der Waals surface area contributed by atoms with Crippen molar-refractivity contribution in [1.82, 2.24) is 9.78 Å². The molecule has 0 aliphatic carbocycles. The number of hydrogen-bond donors (Lipinski definition) is 4. The SMILES string of the molecule is [2H]C(C)(C)n1nc(O[C@@H]2O[C@H](CO)[C@@H](O)[C@H](O)[C@H]2O)c(Cc2ccc(OC([2H])(C([2H])([2H])[2H])C([2H])([2H])[2H])cc2)c1C. The lowest BCUT2D eigenvalue weighted by Gasteiger charge is -2.39. The quantitative estimate of drug-likeness (QED) is 0.467. The van der Waals surface area contributed by atoms with Gasteiger partial charge in [0.05, 0.1) is 15.4 Å². The summed E-state index contributed by atoms with van der Waals surface area (Å²) < 4.78 is 79.2. The molecule has 1 aromatic carbocycles. The molecule has 9 nitrogen and oxygen atoms in total. The number of aliphatic hydroxyl groups excluding tert-OH is 4. The van der Waals surface area contributed by atoms with Crippen LogP contribution in [0.3, 0.4) is 0 Å². The van der Waals surface area contributed by atoms with Crippen LogP contribution in [-0.2, 0) is 11.2 Å². The van der Waals surface area contributed by atoms with E-state index in [1.54, 1.807) is 20.8 Å². The van der Waals surface area contributed by atoms with Gasteiger partial charge in [-0.3, -0.25) is 4.68 Å². The Morgan fingerprint density at radius 2 is 1.84 bits per heavy atom. The van der Waals surface area contributed by atoms with Crippen LogP contribution in [0.25, 0.3) is 0 Å². The zero-order valence-corrected chi connectivity index (χ0v) is 18.0. The van der Waals surface area contributed by atoms with E-state index in [0.29, 0.717) is 16.8 Å². The summed E-state index contributed by atoms with van der Waals surface area (Å²) in [5.74, 6) is -0.194. The molecule has 0 radical (unpaired) electrons. The predicted molar refractivity (Wildman–Crippen MR) is 117 cm³/mol. The lowest BCUT2D eigenvalue weighted by atomic mass is 9.99. The monoisotopic (exact) mass is 458 g/mol. The van der Waals surface area contributed by atoms with E-state index in [-0.39, 0.29) is 18.1 Å². The minimum atomic E-state index is -3.26. The first-order valence-corrected chi connectivity index (χ1v) is 10.1. The number of nitrogens with zero attached hydrogens (tertiary/aromatic N) is 2. The number of aromatic nitrogens is 2. The zero-order valence-electron chi connectivity index (χ0n) is 26.0. The van der Waals surface area contributed by atoms with Gasteiger partial charge in [0, 0.05) is 31.9 Å². The van der Waals surface area contributed by atoms with Crippen LogP contribution < -0.4 is 9.47 Å². The van der Waals surface area contributed by atoms with Crippen LogP contribution in [0.2, 0.25) is 0 Å². The molecular weight excluding hydrogens is 416 g/mol. The number of hydrogen-bond acceptors (Lipinski definition) is 8. The van der Waals surface area contributed by atoms with Gasteiger partial charge in [0.1, 0.15) is 30.2 Å². The van der Waals surface area contributed by atoms with E-state index < -0.39 is 63.1 Å². The third-order valence-corrected chi connectivity index (χ3v) is 5.23. The second-order valence-corrected chi connectivity index (χ2v) is 7.80. The fraction of sp³-hybridized carbons (Fsp3) is 0.609. The van der Waals surface area contributed by atoms with Gasteiger partial charge in [-0.2, -0.15) is 0 Å². The minimum absolute atomic E-state index is 0.0440. The van der Waals surface area contributed by atoms with Crippen molar-refractivity contribution in [3.05, 3.63) is 41.1 Å². The lowest BCUT2D eigenvalue weighted by Crippen LogP contribution is -2.60. The molecule has 1 aliphatic heterocycles. The zero-order chi connectivity index (χ0) is 30.4. The average Bonchev–Trinajstić information content (AvgIpc) is 3.14. The van der Waals surface area contributed by atoms with Crippen molar-refractivity contribution in [3.63, 3.8) is 0 Å². The third-order valence-electron chi connectivity index (χ3n) is 5.23. The van der Waals surface area contributed by atoms with Crippen LogP contribution in [0.5, 0.6) is 11.6 Å². The van der Waals surface area contributed by atoms with Gasteiger partial charge in [-0.05, 0) is 52.2 Å². The second-order valence-electron chi connectivity index (χ2n) is 7.80. The molecule has 0 spiro atoms. The largest absolute Gasteiger partial charge is 0.491 e. The number of rotatable bonds is 8. The highest BCUT2D eigenvalue weighted by Gasteiger charge is 2.45. The highest BCUT2D eigenvalue weighted by molar-refractivity contribution is 5.38. The summed E-state index contributed by atoms with van der Waals surface area (Å²) >= 11 is 0. The van der Waals surface area contributed by atoms with E-state index >= 15 is 0 Å². The molecule has 0 amide bonds. The van der Waals surface area contributed by atoms with E-state index in [1.807, 2.05) is 0 Å². The Labute approximate surface area is 199 Å². The van der Waals surface area contributed by atoms with Gasteiger partial charge in [0.25, 0.3) is 0 Å². The van der Waals surface area contributed by atoms with Crippen molar-refractivity contribution in [2.45, 2.75) is 83.7 Å². The maximum absolute atomic E-state index is 10.4. The lowest BCUT2D eigenvalue weighted by molar-refractivity contribution is -0.278. The summed E-state index contributed by atoms with van der Waals surface area (Å²) in [7, 11) is 0. The normalized spacial score (nSPS) is 31.2. The average molecular weight is 459 g/mol. The van der Waals surface area contributed by atoms with Crippen LogP contribution in [0.1, 0.15) is 61.4 Å². The Hall–Kier alpha value is -2.17. The maximum atomic E-state index is 10.4. The number of benzene rings is 1. The van der Waals surface area contributed by atoms with Crippen molar-refractivity contribution in [3.8, 4) is 11.6 Å². The summed E-state index contributed by atoms with van der Waals surface area (Å²) in [5.41, 5.74) is 1.59. The highest BCUT2D eigenvalue weighted by atomic mass is 16.7. The molecule has 2 aromatic rings. The van der Waals surface area contributed by atoms with Gasteiger partial charge < -0.3 is 34.6 Å². The molecule has 1 fully saturated rings. The maximum Gasteiger partial charge on any atom is 0.239 e.